The van der Waals surface area contributed by atoms with Crippen molar-refractivity contribution in [3.63, 3.8) is 0 Å². The Labute approximate surface area is 143 Å². The minimum Gasteiger partial charge on any atom is -0.466 e. The van der Waals surface area contributed by atoms with Gasteiger partial charge in [-0.05, 0) is 12.8 Å². The van der Waals surface area contributed by atoms with Crippen LogP contribution in [0.15, 0.2) is 0 Å². The molecular formula is C16H32Cl2O2Si. The minimum atomic E-state index is -0.393. The van der Waals surface area contributed by atoms with Gasteiger partial charge in [-0.1, -0.05) is 64.3 Å². The zero-order chi connectivity index (χ0) is 15.8. The molecule has 0 aliphatic heterocycles. The summed E-state index contributed by atoms with van der Waals surface area (Å²) >= 11 is 11.4. The molecule has 0 spiro atoms. The molecule has 2 nitrogen and oxygen atoms in total. The molecule has 0 fully saturated rings. The summed E-state index contributed by atoms with van der Waals surface area (Å²) in [5.41, 5.74) is 0. The molecule has 0 amide bonds. The summed E-state index contributed by atoms with van der Waals surface area (Å²) in [5.74, 6) is -0.0482. The molecule has 0 saturated carbocycles. The number of rotatable bonds is 15. The first-order valence-corrected chi connectivity index (χ1v) is 11.3. The second-order valence-corrected chi connectivity index (χ2v) is 10.1. The lowest BCUT2D eigenvalue weighted by Gasteiger charge is -2.05. The Balaban J connectivity index is 3.16. The minimum absolute atomic E-state index is 0.0482. The maximum absolute atomic E-state index is 11.5. The predicted molar refractivity (Wildman–Crippen MR) is 96.3 cm³/mol. The topological polar surface area (TPSA) is 26.3 Å². The van der Waals surface area contributed by atoms with E-state index >= 15 is 0 Å². The van der Waals surface area contributed by atoms with Crippen molar-refractivity contribution in [1.29, 1.82) is 0 Å². The van der Waals surface area contributed by atoms with E-state index in [0.717, 1.165) is 25.3 Å². The van der Waals surface area contributed by atoms with E-state index in [1.165, 1.54) is 44.9 Å². The molecule has 0 heterocycles. The van der Waals surface area contributed by atoms with Crippen molar-refractivity contribution in [3.8, 4) is 0 Å². The lowest BCUT2D eigenvalue weighted by Crippen LogP contribution is -2.08. The lowest BCUT2D eigenvalue weighted by molar-refractivity contribution is -0.143. The maximum Gasteiger partial charge on any atom is 0.305 e. The summed E-state index contributed by atoms with van der Waals surface area (Å²) in [6.07, 6.45) is 12.9. The van der Waals surface area contributed by atoms with E-state index in [1.807, 2.05) is 0 Å². The average Bonchev–Trinajstić information content (AvgIpc) is 2.45. The molecule has 5 heteroatoms. The molecule has 0 unspecified atom stereocenters. The zero-order valence-electron chi connectivity index (χ0n) is 13.5. The number of esters is 1. The average molecular weight is 355 g/mol. The van der Waals surface area contributed by atoms with Gasteiger partial charge >= 0.3 is 5.97 Å². The third-order valence-electron chi connectivity index (χ3n) is 3.56. The zero-order valence-corrected chi connectivity index (χ0v) is 16.5. The number of halogens is 2. The highest BCUT2D eigenvalue weighted by atomic mass is 35.5. The van der Waals surface area contributed by atoms with Crippen LogP contribution in [-0.4, -0.2) is 26.6 Å². The van der Waals surface area contributed by atoms with Gasteiger partial charge in [0.25, 0.3) is 0 Å². The quantitative estimate of drug-likeness (QED) is 0.175. The van der Waals surface area contributed by atoms with Crippen molar-refractivity contribution >= 4 is 38.7 Å². The van der Waals surface area contributed by atoms with E-state index in [2.05, 4.69) is 6.92 Å². The van der Waals surface area contributed by atoms with Crippen LogP contribution in [0.3, 0.4) is 0 Å². The van der Waals surface area contributed by atoms with Crippen LogP contribution < -0.4 is 0 Å². The van der Waals surface area contributed by atoms with Gasteiger partial charge in [-0.2, -0.15) is 0 Å². The molecule has 0 saturated heterocycles. The highest BCUT2D eigenvalue weighted by Crippen LogP contribution is 2.11. The van der Waals surface area contributed by atoms with E-state index < -0.39 is 9.52 Å². The summed E-state index contributed by atoms with van der Waals surface area (Å²) in [5, 5.41) is 0. The van der Waals surface area contributed by atoms with Gasteiger partial charge < -0.3 is 4.74 Å². The first-order chi connectivity index (χ1) is 10.2. The number of alkyl halides is 2. The Hall–Kier alpha value is 0.267. The normalized spacial score (nSPS) is 11.6. The SMILES string of the molecule is CCCCCCCCCCCC(=O)OCCC[SiH2]C(Cl)Cl. The first-order valence-electron chi connectivity index (χ1n) is 8.60. The molecule has 0 aromatic carbocycles. The van der Waals surface area contributed by atoms with Crippen LogP contribution in [0.4, 0.5) is 0 Å². The van der Waals surface area contributed by atoms with Crippen LogP contribution in [0, 0.1) is 0 Å². The Morgan fingerprint density at radius 3 is 2.10 bits per heavy atom. The van der Waals surface area contributed by atoms with E-state index in [1.54, 1.807) is 0 Å². The molecule has 0 radical (unpaired) electrons. The number of carbonyl (C=O) groups excluding carboxylic acids is 1. The summed E-state index contributed by atoms with van der Waals surface area (Å²) in [6, 6.07) is 1.04. The van der Waals surface area contributed by atoms with Gasteiger partial charge in [0.15, 0.2) is 0 Å². The highest BCUT2D eigenvalue weighted by Gasteiger charge is 2.03. The van der Waals surface area contributed by atoms with Crippen molar-refractivity contribution in [3.05, 3.63) is 0 Å². The molecule has 0 bridgehead atoms. The van der Waals surface area contributed by atoms with Gasteiger partial charge in [0.2, 0.25) is 0 Å². The van der Waals surface area contributed by atoms with Crippen LogP contribution in [0.5, 0.6) is 0 Å². The van der Waals surface area contributed by atoms with Gasteiger partial charge in [-0.15, -0.1) is 23.2 Å². The van der Waals surface area contributed by atoms with Crippen LogP contribution in [0.25, 0.3) is 0 Å². The van der Waals surface area contributed by atoms with Crippen LogP contribution >= 0.6 is 23.2 Å². The summed E-state index contributed by atoms with van der Waals surface area (Å²) in [4.78, 5) is 11.5. The Morgan fingerprint density at radius 1 is 0.952 bits per heavy atom. The van der Waals surface area contributed by atoms with Crippen molar-refractivity contribution in [2.24, 2.45) is 0 Å². The Bertz CT molecular complexity index is 238. The molecule has 0 rings (SSSR count). The lowest BCUT2D eigenvalue weighted by atomic mass is 10.1. The van der Waals surface area contributed by atoms with E-state index in [9.17, 15) is 4.79 Å². The second kappa shape index (κ2) is 16.6. The fraction of sp³-hybridized carbons (Fsp3) is 0.938. The molecule has 0 N–H and O–H groups in total. The smallest absolute Gasteiger partial charge is 0.305 e. The van der Waals surface area contributed by atoms with Crippen molar-refractivity contribution < 1.29 is 9.53 Å². The Morgan fingerprint density at radius 2 is 1.52 bits per heavy atom. The van der Waals surface area contributed by atoms with Gasteiger partial charge in [0.1, 0.15) is 0 Å². The van der Waals surface area contributed by atoms with Crippen LogP contribution in [0.1, 0.15) is 77.6 Å². The monoisotopic (exact) mass is 354 g/mol. The van der Waals surface area contributed by atoms with Crippen molar-refractivity contribution in [2.45, 2.75) is 88.1 Å². The van der Waals surface area contributed by atoms with Gasteiger partial charge in [-0.25, -0.2) is 0 Å². The molecular weight excluding hydrogens is 323 g/mol. The van der Waals surface area contributed by atoms with Crippen LogP contribution in [0.2, 0.25) is 6.04 Å². The third-order valence-corrected chi connectivity index (χ3v) is 6.22. The second-order valence-electron chi connectivity index (χ2n) is 5.69. The van der Waals surface area contributed by atoms with E-state index in [0.29, 0.717) is 13.0 Å². The van der Waals surface area contributed by atoms with Gasteiger partial charge in [0.05, 0.1) is 20.6 Å². The van der Waals surface area contributed by atoms with E-state index in [-0.39, 0.29) is 10.4 Å². The number of ether oxygens (including phenoxy) is 1. The molecule has 0 aliphatic rings. The summed E-state index contributed by atoms with van der Waals surface area (Å²) in [7, 11) is -0.393. The standard InChI is InChI=1S/C16H32Cl2O2Si/c1-2-3-4-5-6-7-8-9-10-12-15(19)20-13-11-14-21-16(17)18/h16H,2-14,21H2,1H3. The fourth-order valence-electron chi connectivity index (χ4n) is 2.24. The maximum atomic E-state index is 11.5. The first kappa shape index (κ1) is 21.3. The molecule has 0 atom stereocenters. The van der Waals surface area contributed by atoms with Gasteiger partial charge in [0, 0.05) is 6.42 Å². The molecule has 126 valence electrons. The van der Waals surface area contributed by atoms with Crippen molar-refractivity contribution in [2.75, 3.05) is 6.61 Å². The predicted octanol–water partition coefficient (Wildman–Crippen LogP) is 5.19. The van der Waals surface area contributed by atoms with Crippen LogP contribution in [-0.2, 0) is 9.53 Å². The number of carbonyl (C=O) groups is 1. The van der Waals surface area contributed by atoms with E-state index in [4.69, 9.17) is 27.9 Å². The highest BCUT2D eigenvalue weighted by molar-refractivity contribution is 6.68. The number of hydrogen-bond donors (Lipinski definition) is 0. The molecule has 0 aromatic rings. The largest absolute Gasteiger partial charge is 0.466 e. The van der Waals surface area contributed by atoms with Crippen molar-refractivity contribution in [1.82, 2.24) is 0 Å². The molecule has 0 aromatic heterocycles. The summed E-state index contributed by atoms with van der Waals surface area (Å²) in [6.45, 7) is 2.78. The van der Waals surface area contributed by atoms with Gasteiger partial charge in [-0.3, -0.25) is 4.79 Å². The number of unbranched alkanes of at least 4 members (excludes halogenated alkanes) is 8. The molecule has 21 heavy (non-hydrogen) atoms. The third kappa shape index (κ3) is 18.2. The fourth-order valence-corrected chi connectivity index (χ4v) is 3.97. The Kier molecular flexibility index (Phi) is 16.8. The summed E-state index contributed by atoms with van der Waals surface area (Å²) < 4.78 is 5.03. The number of hydrogen-bond acceptors (Lipinski definition) is 2. The molecule has 0 aliphatic carbocycles.